The lowest BCUT2D eigenvalue weighted by molar-refractivity contribution is 0.225. The quantitative estimate of drug-likeness (QED) is 0.749. The van der Waals surface area contributed by atoms with Gasteiger partial charge < -0.3 is 5.32 Å². The van der Waals surface area contributed by atoms with Crippen LogP contribution in [0.25, 0.3) is 0 Å². The minimum Gasteiger partial charge on any atom is -0.314 e. The predicted molar refractivity (Wildman–Crippen MR) is 56.6 cm³/mol. The van der Waals surface area contributed by atoms with Crippen LogP contribution in [0.4, 0.5) is 0 Å². The first kappa shape index (κ1) is 11.4. The van der Waals surface area contributed by atoms with E-state index in [9.17, 15) is 0 Å². The molecule has 5 nitrogen and oxygen atoms in total. The number of nitrogens with one attached hydrogen (secondary N) is 1. The van der Waals surface area contributed by atoms with Gasteiger partial charge >= 0.3 is 0 Å². The van der Waals surface area contributed by atoms with E-state index in [1.807, 2.05) is 0 Å². The third-order valence-corrected chi connectivity index (χ3v) is 2.29. The fourth-order valence-corrected chi connectivity index (χ4v) is 1.52. The molecule has 1 saturated heterocycles. The Morgan fingerprint density at radius 3 is 2.36 bits per heavy atom. The highest BCUT2D eigenvalue weighted by molar-refractivity contribution is 5.85. The van der Waals surface area contributed by atoms with Crippen LogP contribution in [-0.4, -0.2) is 52.6 Å². The summed E-state index contributed by atoms with van der Waals surface area (Å²) in [4.78, 5) is 4.17. The van der Waals surface area contributed by atoms with Crippen molar-refractivity contribution < 1.29 is 0 Å². The monoisotopic (exact) mass is 217 g/mol. The summed E-state index contributed by atoms with van der Waals surface area (Å²) >= 11 is 0. The van der Waals surface area contributed by atoms with Crippen LogP contribution in [0.2, 0.25) is 0 Å². The first-order valence-corrected chi connectivity index (χ1v) is 4.72. The predicted octanol–water partition coefficient (Wildman–Crippen LogP) is -0.395. The maximum Gasteiger partial charge on any atom is 0.0734 e. The van der Waals surface area contributed by atoms with Gasteiger partial charge in [-0.15, -0.1) is 12.4 Å². The second-order valence-electron chi connectivity index (χ2n) is 3.22. The molecule has 1 aromatic heterocycles. The molecule has 0 saturated carbocycles. The van der Waals surface area contributed by atoms with E-state index in [0.717, 1.165) is 39.3 Å². The van der Waals surface area contributed by atoms with Crippen LogP contribution in [0.5, 0.6) is 0 Å². The lowest BCUT2D eigenvalue weighted by Gasteiger charge is -2.26. The van der Waals surface area contributed by atoms with E-state index in [1.165, 1.54) is 0 Å². The molecule has 0 amide bonds. The normalized spacial score (nSPS) is 17.7. The Morgan fingerprint density at radius 1 is 1.07 bits per heavy atom. The van der Waals surface area contributed by atoms with Gasteiger partial charge in [0, 0.05) is 32.7 Å². The summed E-state index contributed by atoms with van der Waals surface area (Å²) in [6, 6.07) is 0. The smallest absolute Gasteiger partial charge is 0.0734 e. The fraction of sp³-hybridized carbons (Fsp3) is 0.750. The highest BCUT2D eigenvalue weighted by Gasteiger charge is 2.08. The Bertz CT molecular complexity index is 232. The lowest BCUT2D eigenvalue weighted by atomic mass is 10.3. The molecule has 14 heavy (non-hydrogen) atoms. The zero-order valence-corrected chi connectivity index (χ0v) is 8.91. The van der Waals surface area contributed by atoms with Crippen molar-refractivity contribution in [3.05, 3.63) is 12.4 Å². The molecule has 0 aliphatic carbocycles. The van der Waals surface area contributed by atoms with Crippen LogP contribution in [0.3, 0.4) is 0 Å². The molecule has 0 radical (unpaired) electrons. The number of nitrogens with zero attached hydrogens (tertiary/aromatic N) is 4. The first-order chi connectivity index (χ1) is 6.45. The molecular weight excluding hydrogens is 202 g/mol. The van der Waals surface area contributed by atoms with Crippen LogP contribution in [0.15, 0.2) is 12.4 Å². The molecular formula is C8H16ClN5. The van der Waals surface area contributed by atoms with Crippen LogP contribution in [0, 0.1) is 0 Å². The summed E-state index contributed by atoms with van der Waals surface area (Å²) in [5.41, 5.74) is 0. The van der Waals surface area contributed by atoms with Crippen LogP contribution in [-0.2, 0) is 6.54 Å². The summed E-state index contributed by atoms with van der Waals surface area (Å²) < 4.78 is 0. The van der Waals surface area contributed by atoms with Crippen molar-refractivity contribution in [2.24, 2.45) is 0 Å². The van der Waals surface area contributed by atoms with Gasteiger partial charge in [-0.3, -0.25) is 4.90 Å². The molecule has 2 rings (SSSR count). The maximum atomic E-state index is 4.06. The van der Waals surface area contributed by atoms with Gasteiger partial charge in [0.25, 0.3) is 0 Å². The highest BCUT2D eigenvalue weighted by Crippen LogP contribution is 1.92. The van der Waals surface area contributed by atoms with Crippen molar-refractivity contribution in [3.63, 3.8) is 0 Å². The third kappa shape index (κ3) is 3.25. The number of hydrogen-bond acceptors (Lipinski definition) is 4. The summed E-state index contributed by atoms with van der Waals surface area (Å²) in [5.74, 6) is 0. The summed E-state index contributed by atoms with van der Waals surface area (Å²) in [7, 11) is 0. The Hall–Kier alpha value is -0.650. The number of rotatable bonds is 3. The summed E-state index contributed by atoms with van der Waals surface area (Å²) in [6.07, 6.45) is 3.44. The van der Waals surface area contributed by atoms with Gasteiger partial charge in [-0.2, -0.15) is 15.0 Å². The molecule has 0 unspecified atom stereocenters. The molecule has 1 aliphatic rings. The Balaban J connectivity index is 0.000000980. The van der Waals surface area contributed by atoms with E-state index in [-0.39, 0.29) is 12.4 Å². The molecule has 1 aliphatic heterocycles. The number of aromatic nitrogens is 3. The molecule has 0 atom stereocenters. The van der Waals surface area contributed by atoms with Crippen molar-refractivity contribution in [2.45, 2.75) is 6.54 Å². The van der Waals surface area contributed by atoms with E-state index in [4.69, 9.17) is 0 Å². The number of halogens is 1. The fourth-order valence-electron chi connectivity index (χ4n) is 1.52. The van der Waals surface area contributed by atoms with E-state index >= 15 is 0 Å². The van der Waals surface area contributed by atoms with Crippen molar-refractivity contribution >= 4 is 12.4 Å². The second-order valence-corrected chi connectivity index (χ2v) is 3.22. The van der Waals surface area contributed by atoms with Gasteiger partial charge in [0.15, 0.2) is 0 Å². The van der Waals surface area contributed by atoms with E-state index < -0.39 is 0 Å². The van der Waals surface area contributed by atoms with Gasteiger partial charge in [-0.05, 0) is 0 Å². The molecule has 80 valence electrons. The molecule has 1 aromatic rings. The van der Waals surface area contributed by atoms with Gasteiger partial charge in [-0.25, -0.2) is 0 Å². The number of piperazine rings is 1. The average Bonchev–Trinajstić information content (AvgIpc) is 2.69. The largest absolute Gasteiger partial charge is 0.314 e. The van der Waals surface area contributed by atoms with Crippen molar-refractivity contribution in [3.8, 4) is 0 Å². The van der Waals surface area contributed by atoms with Crippen LogP contribution in [0.1, 0.15) is 0 Å². The van der Waals surface area contributed by atoms with Crippen molar-refractivity contribution in [1.82, 2.24) is 25.2 Å². The summed E-state index contributed by atoms with van der Waals surface area (Å²) in [5, 5.41) is 11.5. The zero-order valence-electron chi connectivity index (χ0n) is 8.09. The minimum absolute atomic E-state index is 0. The maximum absolute atomic E-state index is 4.06. The van der Waals surface area contributed by atoms with Gasteiger partial charge in [-0.1, -0.05) is 0 Å². The van der Waals surface area contributed by atoms with Gasteiger partial charge in [0.05, 0.1) is 18.9 Å². The second kappa shape index (κ2) is 5.95. The molecule has 6 heteroatoms. The van der Waals surface area contributed by atoms with E-state index in [1.54, 1.807) is 17.2 Å². The third-order valence-electron chi connectivity index (χ3n) is 2.29. The Kier molecular flexibility index (Phi) is 4.86. The molecule has 2 heterocycles. The summed E-state index contributed by atoms with van der Waals surface area (Å²) in [6.45, 7) is 6.44. The van der Waals surface area contributed by atoms with Gasteiger partial charge in [0.2, 0.25) is 0 Å². The lowest BCUT2D eigenvalue weighted by Crippen LogP contribution is -2.44. The van der Waals surface area contributed by atoms with E-state index in [2.05, 4.69) is 20.4 Å². The molecule has 0 spiro atoms. The molecule has 1 N–H and O–H groups in total. The molecule has 0 aromatic carbocycles. The van der Waals surface area contributed by atoms with Crippen LogP contribution < -0.4 is 5.32 Å². The minimum atomic E-state index is 0. The highest BCUT2D eigenvalue weighted by atomic mass is 35.5. The zero-order chi connectivity index (χ0) is 8.93. The van der Waals surface area contributed by atoms with Gasteiger partial charge in [0.1, 0.15) is 0 Å². The first-order valence-electron chi connectivity index (χ1n) is 4.72. The SMILES string of the molecule is Cl.c1cnn(CCN2CCNCC2)n1. The number of hydrogen-bond donors (Lipinski definition) is 1. The Morgan fingerprint density at radius 2 is 1.71 bits per heavy atom. The average molecular weight is 218 g/mol. The molecule has 1 fully saturated rings. The van der Waals surface area contributed by atoms with E-state index in [0.29, 0.717) is 0 Å². The van der Waals surface area contributed by atoms with Crippen molar-refractivity contribution in [1.29, 1.82) is 0 Å². The van der Waals surface area contributed by atoms with Crippen LogP contribution >= 0.6 is 12.4 Å². The topological polar surface area (TPSA) is 46.0 Å². The Labute approximate surface area is 89.9 Å². The molecule has 0 bridgehead atoms. The van der Waals surface area contributed by atoms with Crippen molar-refractivity contribution in [2.75, 3.05) is 32.7 Å². The standard InChI is InChI=1S/C8H15N5.ClH/c1-2-11-13(10-1)8-7-12-5-3-9-4-6-12;/h1-2,9H,3-8H2;1H.